The average Bonchev–Trinajstić information content (AvgIpc) is 2.48. The highest BCUT2D eigenvalue weighted by molar-refractivity contribution is 5.29. The Morgan fingerprint density at radius 3 is 2.30 bits per heavy atom. The van der Waals surface area contributed by atoms with Gasteiger partial charge in [-0.15, -0.1) is 0 Å². The summed E-state index contributed by atoms with van der Waals surface area (Å²) in [4.78, 5) is 0. The van der Waals surface area contributed by atoms with Gasteiger partial charge in [-0.1, -0.05) is 42.5 Å². The summed E-state index contributed by atoms with van der Waals surface area (Å²) in [6, 6.07) is 18.2. The number of nitrogens with two attached hydrogens (primary N) is 1. The van der Waals surface area contributed by atoms with E-state index in [0.29, 0.717) is 0 Å². The van der Waals surface area contributed by atoms with E-state index in [9.17, 15) is 0 Å². The van der Waals surface area contributed by atoms with Gasteiger partial charge < -0.3 is 10.5 Å². The van der Waals surface area contributed by atoms with Crippen LogP contribution in [0.3, 0.4) is 0 Å². The molecule has 1 atom stereocenters. The van der Waals surface area contributed by atoms with Crippen LogP contribution < -0.4 is 10.5 Å². The van der Waals surface area contributed by atoms with Crippen molar-refractivity contribution in [1.29, 1.82) is 0 Å². The Hall–Kier alpha value is -1.80. The summed E-state index contributed by atoms with van der Waals surface area (Å²) in [5.41, 5.74) is 8.13. The van der Waals surface area contributed by atoms with E-state index in [0.717, 1.165) is 37.2 Å². The summed E-state index contributed by atoms with van der Waals surface area (Å²) in [6.07, 6.45) is 3.32. The molecule has 0 bridgehead atoms. The van der Waals surface area contributed by atoms with Gasteiger partial charge in [0.1, 0.15) is 5.75 Å². The standard InChI is InChI=1S/C18H22NO/c1-15(19)17-10-12-18(13-11-17)20-14-6-5-9-16-7-3-2-4-8-16/h2-4,7-8,10-13,15H,1,5-6,9,14,19H2. The van der Waals surface area contributed by atoms with Crippen molar-refractivity contribution >= 4 is 0 Å². The Labute approximate surface area is 121 Å². The number of aryl methyl sites for hydroxylation is 1. The van der Waals surface area contributed by atoms with Crippen molar-refractivity contribution in [2.45, 2.75) is 25.3 Å². The number of hydrogen-bond acceptors (Lipinski definition) is 2. The summed E-state index contributed by atoms with van der Waals surface area (Å²) < 4.78 is 5.72. The van der Waals surface area contributed by atoms with Gasteiger partial charge in [-0.25, -0.2) is 0 Å². The van der Waals surface area contributed by atoms with Gasteiger partial charge in [0.25, 0.3) is 0 Å². The molecule has 0 heterocycles. The van der Waals surface area contributed by atoms with E-state index >= 15 is 0 Å². The van der Waals surface area contributed by atoms with Crippen molar-refractivity contribution in [1.82, 2.24) is 0 Å². The summed E-state index contributed by atoms with van der Waals surface area (Å²) >= 11 is 0. The molecule has 1 radical (unpaired) electrons. The van der Waals surface area contributed by atoms with Crippen LogP contribution in [0.1, 0.15) is 30.0 Å². The third-order valence-corrected chi connectivity index (χ3v) is 3.28. The highest BCUT2D eigenvalue weighted by Gasteiger charge is 1.99. The molecule has 0 saturated carbocycles. The van der Waals surface area contributed by atoms with Crippen molar-refractivity contribution < 1.29 is 4.74 Å². The van der Waals surface area contributed by atoms with E-state index in [1.165, 1.54) is 5.56 Å². The molecule has 1 unspecified atom stereocenters. The Morgan fingerprint density at radius 2 is 1.65 bits per heavy atom. The van der Waals surface area contributed by atoms with Crippen molar-refractivity contribution in [2.75, 3.05) is 6.61 Å². The van der Waals surface area contributed by atoms with Gasteiger partial charge in [-0.05, 0) is 49.4 Å². The van der Waals surface area contributed by atoms with Crippen molar-refractivity contribution in [3.63, 3.8) is 0 Å². The third-order valence-electron chi connectivity index (χ3n) is 3.28. The van der Waals surface area contributed by atoms with Crippen LogP contribution in [-0.4, -0.2) is 6.61 Å². The molecular formula is C18H22NO. The van der Waals surface area contributed by atoms with E-state index in [1.54, 1.807) is 0 Å². The molecule has 105 valence electrons. The Kier molecular flexibility index (Phi) is 5.63. The fourth-order valence-electron chi connectivity index (χ4n) is 2.08. The van der Waals surface area contributed by atoms with Gasteiger partial charge in [0.15, 0.2) is 0 Å². The van der Waals surface area contributed by atoms with Gasteiger partial charge in [0.05, 0.1) is 6.61 Å². The maximum absolute atomic E-state index is 5.72. The van der Waals surface area contributed by atoms with Gasteiger partial charge in [-0.3, -0.25) is 0 Å². The second-order valence-electron chi connectivity index (χ2n) is 4.97. The summed E-state index contributed by atoms with van der Waals surface area (Å²) in [5.74, 6) is 0.897. The predicted molar refractivity (Wildman–Crippen MR) is 83.6 cm³/mol. The van der Waals surface area contributed by atoms with Crippen LogP contribution in [-0.2, 0) is 6.42 Å². The number of hydrogen-bond donors (Lipinski definition) is 1. The van der Waals surface area contributed by atoms with Crippen LogP contribution in [0.2, 0.25) is 0 Å². The molecule has 0 aliphatic heterocycles. The largest absolute Gasteiger partial charge is 0.494 e. The number of rotatable bonds is 7. The lowest BCUT2D eigenvalue weighted by Gasteiger charge is -2.09. The van der Waals surface area contributed by atoms with Crippen LogP contribution in [0.25, 0.3) is 0 Å². The maximum Gasteiger partial charge on any atom is 0.119 e. The van der Waals surface area contributed by atoms with Gasteiger partial charge >= 0.3 is 0 Å². The highest BCUT2D eigenvalue weighted by atomic mass is 16.5. The molecule has 2 heteroatoms. The number of ether oxygens (including phenoxy) is 1. The highest BCUT2D eigenvalue weighted by Crippen LogP contribution is 2.16. The minimum atomic E-state index is -0.171. The smallest absolute Gasteiger partial charge is 0.119 e. The maximum atomic E-state index is 5.72. The first-order chi connectivity index (χ1) is 9.75. The lowest BCUT2D eigenvalue weighted by Crippen LogP contribution is -2.05. The number of benzene rings is 2. The molecule has 0 amide bonds. The molecule has 20 heavy (non-hydrogen) atoms. The lowest BCUT2D eigenvalue weighted by molar-refractivity contribution is 0.307. The van der Waals surface area contributed by atoms with E-state index in [-0.39, 0.29) is 6.04 Å². The second kappa shape index (κ2) is 7.71. The molecule has 0 aliphatic rings. The van der Waals surface area contributed by atoms with Crippen LogP contribution in [0.15, 0.2) is 54.6 Å². The minimum Gasteiger partial charge on any atom is -0.494 e. The molecule has 2 nitrogen and oxygen atoms in total. The Morgan fingerprint density at radius 1 is 0.950 bits per heavy atom. The Balaban J connectivity index is 1.66. The van der Waals surface area contributed by atoms with Crippen molar-refractivity contribution in [2.24, 2.45) is 5.73 Å². The predicted octanol–water partition coefficient (Wildman–Crippen LogP) is 3.92. The second-order valence-corrected chi connectivity index (χ2v) is 4.97. The molecule has 2 rings (SSSR count). The zero-order valence-corrected chi connectivity index (χ0v) is 11.8. The first-order valence-corrected chi connectivity index (χ1v) is 7.11. The van der Waals surface area contributed by atoms with Gasteiger partial charge in [0, 0.05) is 6.04 Å². The molecule has 0 spiro atoms. The number of unbranched alkanes of at least 4 members (excludes halogenated alkanes) is 1. The van der Waals surface area contributed by atoms with E-state index in [4.69, 9.17) is 10.5 Å². The molecule has 2 N–H and O–H groups in total. The van der Waals surface area contributed by atoms with Gasteiger partial charge in [0.2, 0.25) is 0 Å². The minimum absolute atomic E-state index is 0.171. The zero-order chi connectivity index (χ0) is 14.2. The molecule has 0 fully saturated rings. The third kappa shape index (κ3) is 4.71. The summed E-state index contributed by atoms with van der Waals surface area (Å²) in [6.45, 7) is 4.54. The van der Waals surface area contributed by atoms with Crippen LogP contribution in [0.4, 0.5) is 0 Å². The molecule has 2 aromatic rings. The zero-order valence-electron chi connectivity index (χ0n) is 11.8. The molecule has 0 saturated heterocycles. The van der Waals surface area contributed by atoms with E-state index in [2.05, 4.69) is 31.2 Å². The Bertz CT molecular complexity index is 491. The van der Waals surface area contributed by atoms with Crippen LogP contribution >= 0.6 is 0 Å². The molecular weight excluding hydrogens is 246 g/mol. The first kappa shape index (κ1) is 14.6. The normalized spacial score (nSPS) is 12.1. The quantitative estimate of drug-likeness (QED) is 0.772. The monoisotopic (exact) mass is 268 g/mol. The fourth-order valence-corrected chi connectivity index (χ4v) is 2.08. The van der Waals surface area contributed by atoms with E-state index < -0.39 is 0 Å². The molecule has 0 aromatic heterocycles. The van der Waals surface area contributed by atoms with Crippen molar-refractivity contribution in [3.05, 3.63) is 72.6 Å². The SMILES string of the molecule is [CH2]C(N)c1ccc(OCCCCc2ccccc2)cc1. The summed E-state index contributed by atoms with van der Waals surface area (Å²) in [5, 5.41) is 0. The van der Waals surface area contributed by atoms with E-state index in [1.807, 2.05) is 30.3 Å². The first-order valence-electron chi connectivity index (χ1n) is 7.11. The van der Waals surface area contributed by atoms with Crippen molar-refractivity contribution in [3.8, 4) is 5.75 Å². The average molecular weight is 268 g/mol. The topological polar surface area (TPSA) is 35.2 Å². The molecule has 2 aromatic carbocycles. The molecule has 0 aliphatic carbocycles. The lowest BCUT2D eigenvalue weighted by atomic mass is 10.1. The van der Waals surface area contributed by atoms with Crippen LogP contribution in [0.5, 0.6) is 5.75 Å². The van der Waals surface area contributed by atoms with Gasteiger partial charge in [-0.2, -0.15) is 0 Å². The van der Waals surface area contributed by atoms with Crippen LogP contribution in [0, 0.1) is 6.92 Å². The summed E-state index contributed by atoms with van der Waals surface area (Å²) in [7, 11) is 0. The fraction of sp³-hybridized carbons (Fsp3) is 0.278.